The summed E-state index contributed by atoms with van der Waals surface area (Å²) in [6.07, 6.45) is 8.60. The van der Waals surface area contributed by atoms with Crippen LogP contribution in [-0.4, -0.2) is 18.1 Å². The largest absolute Gasteiger partial charge is 0.370 e. The maximum atomic E-state index is 8.81. The van der Waals surface area contributed by atoms with Gasteiger partial charge >= 0.3 is 0 Å². The van der Waals surface area contributed by atoms with E-state index < -0.39 is 0 Å². The summed E-state index contributed by atoms with van der Waals surface area (Å²) in [7, 11) is 0. The van der Waals surface area contributed by atoms with Crippen LogP contribution in [0.5, 0.6) is 0 Å². The molecule has 1 aliphatic rings. The molecule has 0 N–H and O–H groups in total. The van der Waals surface area contributed by atoms with Gasteiger partial charge in [-0.3, -0.25) is 4.98 Å². The Kier molecular flexibility index (Phi) is 3.18. The molecule has 1 fully saturated rings. The molecule has 0 aromatic carbocycles. The summed E-state index contributed by atoms with van der Waals surface area (Å²) in [5.74, 6) is 0. The predicted octanol–water partition coefficient (Wildman–Crippen LogP) is 2.33. The molecular formula is C12H15N3. The zero-order valence-corrected chi connectivity index (χ0v) is 8.82. The van der Waals surface area contributed by atoms with Gasteiger partial charge in [-0.25, -0.2) is 0 Å². The quantitative estimate of drug-likeness (QED) is 0.700. The van der Waals surface area contributed by atoms with Crippen LogP contribution in [0.4, 0.5) is 5.69 Å². The Hall–Kier alpha value is -1.56. The minimum Gasteiger partial charge on any atom is -0.370 e. The van der Waals surface area contributed by atoms with E-state index in [0.29, 0.717) is 5.56 Å². The molecule has 1 aromatic rings. The molecule has 3 nitrogen and oxygen atoms in total. The maximum absolute atomic E-state index is 8.81. The van der Waals surface area contributed by atoms with Crippen molar-refractivity contribution in [3.8, 4) is 6.07 Å². The molecule has 2 rings (SSSR count). The third kappa shape index (κ3) is 2.47. The monoisotopic (exact) mass is 201 g/mol. The first kappa shape index (κ1) is 9.97. The van der Waals surface area contributed by atoms with Crippen molar-refractivity contribution in [2.24, 2.45) is 0 Å². The second kappa shape index (κ2) is 4.79. The summed E-state index contributed by atoms with van der Waals surface area (Å²) < 4.78 is 0. The third-order valence-electron chi connectivity index (χ3n) is 2.82. The van der Waals surface area contributed by atoms with Crippen LogP contribution < -0.4 is 4.90 Å². The molecule has 78 valence electrons. The van der Waals surface area contributed by atoms with Gasteiger partial charge in [0.25, 0.3) is 0 Å². The van der Waals surface area contributed by atoms with E-state index in [1.165, 1.54) is 25.7 Å². The summed E-state index contributed by atoms with van der Waals surface area (Å²) in [6, 6.07) is 4.06. The SMILES string of the molecule is N#Cc1cncc(N2CCCCCC2)c1. The molecule has 0 spiro atoms. The van der Waals surface area contributed by atoms with Crippen molar-refractivity contribution >= 4 is 5.69 Å². The Balaban J connectivity index is 2.16. The van der Waals surface area contributed by atoms with Crippen molar-refractivity contribution in [1.29, 1.82) is 5.26 Å². The molecule has 1 aliphatic heterocycles. The van der Waals surface area contributed by atoms with Crippen LogP contribution in [-0.2, 0) is 0 Å². The van der Waals surface area contributed by atoms with E-state index in [9.17, 15) is 0 Å². The molecule has 0 unspecified atom stereocenters. The van der Waals surface area contributed by atoms with Crippen molar-refractivity contribution < 1.29 is 0 Å². The van der Waals surface area contributed by atoms with Crippen molar-refractivity contribution in [2.45, 2.75) is 25.7 Å². The third-order valence-corrected chi connectivity index (χ3v) is 2.82. The summed E-state index contributed by atoms with van der Waals surface area (Å²) in [4.78, 5) is 6.43. The van der Waals surface area contributed by atoms with Crippen LogP contribution >= 0.6 is 0 Å². The highest BCUT2D eigenvalue weighted by atomic mass is 15.1. The first-order valence-electron chi connectivity index (χ1n) is 5.50. The molecule has 0 saturated carbocycles. The van der Waals surface area contributed by atoms with E-state index in [-0.39, 0.29) is 0 Å². The van der Waals surface area contributed by atoms with Crippen molar-refractivity contribution in [3.63, 3.8) is 0 Å². The van der Waals surface area contributed by atoms with Gasteiger partial charge in [0.2, 0.25) is 0 Å². The van der Waals surface area contributed by atoms with Crippen LogP contribution in [0.2, 0.25) is 0 Å². The topological polar surface area (TPSA) is 39.9 Å². The first-order valence-corrected chi connectivity index (χ1v) is 5.50. The molecule has 2 heterocycles. The van der Waals surface area contributed by atoms with E-state index in [0.717, 1.165) is 18.8 Å². The molecule has 1 aromatic heterocycles. The van der Waals surface area contributed by atoms with Gasteiger partial charge in [0.05, 0.1) is 17.4 Å². The van der Waals surface area contributed by atoms with E-state index in [4.69, 9.17) is 5.26 Å². The molecule has 0 aliphatic carbocycles. The van der Waals surface area contributed by atoms with E-state index >= 15 is 0 Å². The van der Waals surface area contributed by atoms with Gasteiger partial charge in [-0.15, -0.1) is 0 Å². The maximum Gasteiger partial charge on any atom is 0.101 e. The van der Waals surface area contributed by atoms with E-state index in [1.807, 2.05) is 12.3 Å². The van der Waals surface area contributed by atoms with Gasteiger partial charge in [-0.1, -0.05) is 12.8 Å². The summed E-state index contributed by atoms with van der Waals surface area (Å²) in [6.45, 7) is 2.19. The number of hydrogen-bond acceptors (Lipinski definition) is 3. The summed E-state index contributed by atoms with van der Waals surface area (Å²) in [5.41, 5.74) is 1.74. The lowest BCUT2D eigenvalue weighted by Gasteiger charge is -2.22. The van der Waals surface area contributed by atoms with Crippen LogP contribution in [0.3, 0.4) is 0 Å². The van der Waals surface area contributed by atoms with Crippen molar-refractivity contribution in [2.75, 3.05) is 18.0 Å². The van der Waals surface area contributed by atoms with Gasteiger partial charge < -0.3 is 4.90 Å². The fourth-order valence-corrected chi connectivity index (χ4v) is 1.99. The fraction of sp³-hybridized carbons (Fsp3) is 0.500. The molecule has 0 radical (unpaired) electrons. The van der Waals surface area contributed by atoms with Crippen molar-refractivity contribution in [3.05, 3.63) is 24.0 Å². The number of rotatable bonds is 1. The van der Waals surface area contributed by atoms with Gasteiger partial charge in [-0.2, -0.15) is 5.26 Å². The molecule has 0 bridgehead atoms. The number of nitriles is 1. The average molecular weight is 201 g/mol. The lowest BCUT2D eigenvalue weighted by Crippen LogP contribution is -2.23. The first-order chi connectivity index (χ1) is 7.40. The molecule has 3 heteroatoms. The van der Waals surface area contributed by atoms with E-state index in [2.05, 4.69) is 16.0 Å². The van der Waals surface area contributed by atoms with Gasteiger partial charge in [0.15, 0.2) is 0 Å². The minimum atomic E-state index is 0.650. The Bertz CT molecular complexity index is 359. The average Bonchev–Trinajstić information content (AvgIpc) is 2.58. The zero-order chi connectivity index (χ0) is 10.5. The van der Waals surface area contributed by atoms with Gasteiger partial charge in [-0.05, 0) is 18.9 Å². The van der Waals surface area contributed by atoms with Crippen LogP contribution in [0.25, 0.3) is 0 Å². The van der Waals surface area contributed by atoms with E-state index in [1.54, 1.807) is 6.20 Å². The van der Waals surface area contributed by atoms with Crippen LogP contribution in [0.15, 0.2) is 18.5 Å². The Morgan fingerprint density at radius 2 is 1.87 bits per heavy atom. The minimum absolute atomic E-state index is 0.650. The lowest BCUT2D eigenvalue weighted by molar-refractivity contribution is 0.726. The standard InChI is InChI=1S/C12H15N3/c13-8-11-7-12(10-14-9-11)15-5-3-1-2-4-6-15/h7,9-10H,1-6H2. The summed E-state index contributed by atoms with van der Waals surface area (Å²) >= 11 is 0. The lowest BCUT2D eigenvalue weighted by atomic mass is 10.2. The van der Waals surface area contributed by atoms with Gasteiger partial charge in [0, 0.05) is 19.3 Å². The predicted molar refractivity (Wildman–Crippen MR) is 59.6 cm³/mol. The second-order valence-corrected chi connectivity index (χ2v) is 3.94. The molecule has 1 saturated heterocycles. The highest BCUT2D eigenvalue weighted by Crippen LogP contribution is 2.19. The smallest absolute Gasteiger partial charge is 0.101 e. The fourth-order valence-electron chi connectivity index (χ4n) is 1.99. The zero-order valence-electron chi connectivity index (χ0n) is 8.82. The number of pyridine rings is 1. The molecule has 0 atom stereocenters. The second-order valence-electron chi connectivity index (χ2n) is 3.94. The normalized spacial score (nSPS) is 16.9. The Morgan fingerprint density at radius 3 is 2.53 bits per heavy atom. The molecule has 15 heavy (non-hydrogen) atoms. The molecule has 0 amide bonds. The Labute approximate surface area is 90.4 Å². The highest BCUT2D eigenvalue weighted by Gasteiger charge is 2.10. The van der Waals surface area contributed by atoms with Crippen LogP contribution in [0, 0.1) is 11.3 Å². The summed E-state index contributed by atoms with van der Waals surface area (Å²) in [5, 5.41) is 8.81. The van der Waals surface area contributed by atoms with Crippen molar-refractivity contribution in [1.82, 2.24) is 4.98 Å². The van der Waals surface area contributed by atoms with Gasteiger partial charge in [0.1, 0.15) is 6.07 Å². The number of anilines is 1. The number of aromatic nitrogens is 1. The highest BCUT2D eigenvalue weighted by molar-refractivity contribution is 5.48. The Morgan fingerprint density at radius 1 is 1.13 bits per heavy atom. The number of nitrogens with zero attached hydrogens (tertiary/aromatic N) is 3. The number of hydrogen-bond donors (Lipinski definition) is 0. The van der Waals surface area contributed by atoms with Crippen LogP contribution in [0.1, 0.15) is 31.2 Å². The molecular weight excluding hydrogens is 186 g/mol.